The van der Waals surface area contributed by atoms with E-state index < -0.39 is 0 Å². The molecule has 1 saturated carbocycles. The first-order chi connectivity index (χ1) is 7.20. The van der Waals surface area contributed by atoms with E-state index in [9.17, 15) is 0 Å². The number of unbranched alkanes of at least 4 members (excludes halogenated alkanes) is 1. The summed E-state index contributed by atoms with van der Waals surface area (Å²) >= 11 is 0. The molecule has 0 bridgehead atoms. The minimum atomic E-state index is 0.472. The van der Waals surface area contributed by atoms with Crippen molar-refractivity contribution in [1.29, 1.82) is 0 Å². The molecule has 1 aliphatic rings. The van der Waals surface area contributed by atoms with Gasteiger partial charge in [-0.25, -0.2) is 0 Å². The summed E-state index contributed by atoms with van der Waals surface area (Å²) in [6.45, 7) is 8.27. The normalized spacial score (nSPS) is 21.8. The summed E-state index contributed by atoms with van der Waals surface area (Å²) in [5.41, 5.74) is 0.472. The molecule has 1 aliphatic carbocycles. The molecule has 15 heavy (non-hydrogen) atoms. The Kier molecular flexibility index (Phi) is 5.66. The van der Waals surface area contributed by atoms with Crippen molar-refractivity contribution in [3.8, 4) is 0 Å². The maximum absolute atomic E-state index is 3.82. The molecule has 0 aromatic heterocycles. The zero-order valence-electron chi connectivity index (χ0n) is 10.9. The van der Waals surface area contributed by atoms with Gasteiger partial charge in [0, 0.05) is 5.54 Å². The third kappa shape index (κ3) is 4.55. The van der Waals surface area contributed by atoms with Crippen LogP contribution in [0.15, 0.2) is 0 Å². The molecule has 90 valence electrons. The van der Waals surface area contributed by atoms with Crippen LogP contribution in [0.4, 0.5) is 0 Å². The summed E-state index contributed by atoms with van der Waals surface area (Å²) in [6, 6.07) is 0. The Morgan fingerprint density at radius 1 is 1.20 bits per heavy atom. The van der Waals surface area contributed by atoms with Gasteiger partial charge in [0.15, 0.2) is 0 Å². The van der Waals surface area contributed by atoms with Gasteiger partial charge in [-0.3, -0.25) is 0 Å². The topological polar surface area (TPSA) is 12.0 Å². The van der Waals surface area contributed by atoms with Crippen molar-refractivity contribution in [3.05, 3.63) is 0 Å². The summed E-state index contributed by atoms with van der Waals surface area (Å²) in [7, 11) is 0. The van der Waals surface area contributed by atoms with Crippen molar-refractivity contribution in [2.75, 3.05) is 6.54 Å². The summed E-state index contributed by atoms with van der Waals surface area (Å²) < 4.78 is 0. The fourth-order valence-electron chi connectivity index (χ4n) is 2.67. The van der Waals surface area contributed by atoms with E-state index in [0.717, 1.165) is 5.92 Å². The second-order valence-corrected chi connectivity index (χ2v) is 5.57. The minimum Gasteiger partial charge on any atom is -0.311 e. The highest BCUT2D eigenvalue weighted by atomic mass is 15.0. The smallest absolute Gasteiger partial charge is 0.0153 e. The van der Waals surface area contributed by atoms with Gasteiger partial charge in [0.2, 0.25) is 0 Å². The quantitative estimate of drug-likeness (QED) is 0.668. The highest BCUT2D eigenvalue weighted by Gasteiger charge is 2.28. The van der Waals surface area contributed by atoms with E-state index in [2.05, 4.69) is 26.1 Å². The van der Waals surface area contributed by atoms with Crippen LogP contribution in [0.25, 0.3) is 0 Å². The molecule has 0 spiro atoms. The Bertz CT molecular complexity index is 159. The molecule has 0 heterocycles. The van der Waals surface area contributed by atoms with Gasteiger partial charge in [0.1, 0.15) is 0 Å². The standard InChI is InChI=1S/C14H29N/c1-4-6-9-13(5-2)12-15-14(3)10-7-8-11-14/h13,15H,4-12H2,1-3H3. The average Bonchev–Trinajstić information content (AvgIpc) is 2.66. The molecule has 1 rings (SSSR count). The summed E-state index contributed by atoms with van der Waals surface area (Å²) in [5.74, 6) is 0.905. The van der Waals surface area contributed by atoms with Crippen LogP contribution in [0.2, 0.25) is 0 Å². The summed E-state index contributed by atoms with van der Waals surface area (Å²) in [6.07, 6.45) is 11.1. The summed E-state index contributed by atoms with van der Waals surface area (Å²) in [5, 5.41) is 3.82. The van der Waals surface area contributed by atoms with Gasteiger partial charge in [0.05, 0.1) is 0 Å². The molecule has 1 heteroatoms. The van der Waals surface area contributed by atoms with Gasteiger partial charge in [0.25, 0.3) is 0 Å². The predicted octanol–water partition coefficient (Wildman–Crippen LogP) is 4.13. The second-order valence-electron chi connectivity index (χ2n) is 5.57. The molecule has 1 nitrogen and oxygen atoms in total. The second kappa shape index (κ2) is 6.52. The van der Waals surface area contributed by atoms with Crippen molar-refractivity contribution in [1.82, 2.24) is 5.32 Å². The van der Waals surface area contributed by atoms with E-state index in [1.165, 1.54) is 57.9 Å². The van der Waals surface area contributed by atoms with Crippen LogP contribution < -0.4 is 5.32 Å². The maximum atomic E-state index is 3.82. The number of nitrogens with one attached hydrogen (secondary N) is 1. The van der Waals surface area contributed by atoms with Crippen molar-refractivity contribution in [2.24, 2.45) is 5.92 Å². The van der Waals surface area contributed by atoms with Crippen molar-refractivity contribution < 1.29 is 0 Å². The van der Waals surface area contributed by atoms with Crippen LogP contribution in [0.5, 0.6) is 0 Å². The lowest BCUT2D eigenvalue weighted by molar-refractivity contribution is 0.313. The molecule has 0 aliphatic heterocycles. The van der Waals surface area contributed by atoms with Gasteiger partial charge in [-0.15, -0.1) is 0 Å². The molecule has 0 amide bonds. The molecule has 1 atom stereocenters. The fourth-order valence-corrected chi connectivity index (χ4v) is 2.67. The molecule has 0 radical (unpaired) electrons. The largest absolute Gasteiger partial charge is 0.311 e. The average molecular weight is 211 g/mol. The van der Waals surface area contributed by atoms with Crippen LogP contribution in [-0.4, -0.2) is 12.1 Å². The third-order valence-corrected chi connectivity index (χ3v) is 4.07. The van der Waals surface area contributed by atoms with Crippen LogP contribution >= 0.6 is 0 Å². The molecule has 0 aromatic rings. The van der Waals surface area contributed by atoms with E-state index in [0.29, 0.717) is 5.54 Å². The SMILES string of the molecule is CCCCC(CC)CNC1(C)CCCC1. The zero-order chi connectivity index (χ0) is 11.1. The Morgan fingerprint density at radius 2 is 1.87 bits per heavy atom. The number of rotatable bonds is 7. The van der Waals surface area contributed by atoms with Crippen LogP contribution in [-0.2, 0) is 0 Å². The van der Waals surface area contributed by atoms with Gasteiger partial charge < -0.3 is 5.32 Å². The third-order valence-electron chi connectivity index (χ3n) is 4.07. The Hall–Kier alpha value is -0.0400. The van der Waals surface area contributed by atoms with Crippen LogP contribution in [0, 0.1) is 5.92 Å². The lowest BCUT2D eigenvalue weighted by Gasteiger charge is -2.28. The molecule has 1 unspecified atom stereocenters. The molecule has 1 fully saturated rings. The first-order valence-electron chi connectivity index (χ1n) is 6.95. The molecule has 0 aromatic carbocycles. The lowest BCUT2D eigenvalue weighted by atomic mass is 9.95. The minimum absolute atomic E-state index is 0.472. The highest BCUT2D eigenvalue weighted by Crippen LogP contribution is 2.29. The van der Waals surface area contributed by atoms with Gasteiger partial charge in [-0.05, 0) is 38.6 Å². The fraction of sp³-hybridized carbons (Fsp3) is 1.00. The van der Waals surface area contributed by atoms with E-state index in [4.69, 9.17) is 0 Å². The first-order valence-corrected chi connectivity index (χ1v) is 6.95. The van der Waals surface area contributed by atoms with E-state index in [-0.39, 0.29) is 0 Å². The maximum Gasteiger partial charge on any atom is 0.0153 e. The van der Waals surface area contributed by atoms with Crippen molar-refractivity contribution >= 4 is 0 Å². The lowest BCUT2D eigenvalue weighted by Crippen LogP contribution is -2.42. The Labute approximate surface area is 96.0 Å². The highest BCUT2D eigenvalue weighted by molar-refractivity contribution is 4.88. The zero-order valence-corrected chi connectivity index (χ0v) is 10.9. The van der Waals surface area contributed by atoms with Crippen molar-refractivity contribution in [2.45, 2.75) is 77.7 Å². The van der Waals surface area contributed by atoms with Gasteiger partial charge >= 0.3 is 0 Å². The van der Waals surface area contributed by atoms with E-state index in [1.54, 1.807) is 0 Å². The first kappa shape index (κ1) is 13.0. The van der Waals surface area contributed by atoms with Crippen molar-refractivity contribution in [3.63, 3.8) is 0 Å². The van der Waals surface area contributed by atoms with Crippen LogP contribution in [0.3, 0.4) is 0 Å². The van der Waals surface area contributed by atoms with Gasteiger partial charge in [-0.1, -0.05) is 46.0 Å². The van der Waals surface area contributed by atoms with Gasteiger partial charge in [-0.2, -0.15) is 0 Å². The summed E-state index contributed by atoms with van der Waals surface area (Å²) in [4.78, 5) is 0. The molecule has 1 N–H and O–H groups in total. The monoisotopic (exact) mass is 211 g/mol. The number of hydrogen-bond acceptors (Lipinski definition) is 1. The molecular formula is C14H29N. The van der Waals surface area contributed by atoms with E-state index >= 15 is 0 Å². The predicted molar refractivity (Wildman–Crippen MR) is 68.2 cm³/mol. The Balaban J connectivity index is 2.20. The Morgan fingerprint density at radius 3 is 2.40 bits per heavy atom. The van der Waals surface area contributed by atoms with Crippen LogP contribution in [0.1, 0.15) is 72.1 Å². The molecular weight excluding hydrogens is 182 g/mol. The number of hydrogen-bond donors (Lipinski definition) is 1. The molecule has 0 saturated heterocycles. The van der Waals surface area contributed by atoms with E-state index in [1.807, 2.05) is 0 Å².